The van der Waals surface area contributed by atoms with Crippen LogP contribution in [0, 0.1) is 13.8 Å². The minimum atomic E-state index is 0.00482. The number of pyridine rings is 1. The number of hydrogen-bond donors (Lipinski definition) is 0. The van der Waals surface area contributed by atoms with E-state index >= 15 is 0 Å². The molecule has 1 aromatic carbocycles. The van der Waals surface area contributed by atoms with Gasteiger partial charge in [-0.15, -0.1) is 0 Å². The molecule has 0 aliphatic rings. The van der Waals surface area contributed by atoms with Crippen molar-refractivity contribution >= 4 is 0 Å². The summed E-state index contributed by atoms with van der Waals surface area (Å²) < 4.78 is 3.64. The Morgan fingerprint density at radius 3 is 2.64 bits per heavy atom. The Bertz CT molecular complexity index is 874. The van der Waals surface area contributed by atoms with E-state index in [1.807, 2.05) is 49.0 Å². The summed E-state index contributed by atoms with van der Waals surface area (Å²) in [6, 6.07) is 11.9. The van der Waals surface area contributed by atoms with Crippen molar-refractivity contribution in [2.24, 2.45) is 0 Å². The standard InChI is InChI=1S/C18H19N3O/c1-4-20-9-8-16(11-18(20)22)21-12-17(19-14(21)3)15-7-5-6-13(2)10-15/h5-12H,4H2,1-3H3. The third kappa shape index (κ3) is 2.60. The minimum absolute atomic E-state index is 0.00482. The van der Waals surface area contributed by atoms with Crippen LogP contribution in [-0.2, 0) is 6.54 Å². The first kappa shape index (κ1) is 14.3. The van der Waals surface area contributed by atoms with Crippen molar-refractivity contribution in [1.82, 2.24) is 14.1 Å². The van der Waals surface area contributed by atoms with Gasteiger partial charge < -0.3 is 9.13 Å². The maximum Gasteiger partial charge on any atom is 0.252 e. The van der Waals surface area contributed by atoms with Gasteiger partial charge in [-0.25, -0.2) is 4.98 Å². The average molecular weight is 293 g/mol. The number of aromatic nitrogens is 3. The largest absolute Gasteiger partial charge is 0.316 e. The van der Waals surface area contributed by atoms with Crippen LogP contribution in [0.15, 0.2) is 53.6 Å². The van der Waals surface area contributed by atoms with Crippen LogP contribution in [0.1, 0.15) is 18.3 Å². The second kappa shape index (κ2) is 5.64. The molecular formula is C18H19N3O. The maximum absolute atomic E-state index is 12.0. The van der Waals surface area contributed by atoms with Crippen LogP contribution in [-0.4, -0.2) is 14.1 Å². The second-order valence-electron chi connectivity index (χ2n) is 5.42. The molecular weight excluding hydrogens is 274 g/mol. The molecule has 0 N–H and O–H groups in total. The molecule has 0 aliphatic carbocycles. The van der Waals surface area contributed by atoms with Crippen LogP contribution in [0.3, 0.4) is 0 Å². The summed E-state index contributed by atoms with van der Waals surface area (Å²) in [5.41, 5.74) is 4.06. The molecule has 22 heavy (non-hydrogen) atoms. The summed E-state index contributed by atoms with van der Waals surface area (Å²) in [6.07, 6.45) is 3.80. The van der Waals surface area contributed by atoms with E-state index in [9.17, 15) is 4.79 Å². The van der Waals surface area contributed by atoms with Crippen molar-refractivity contribution in [3.8, 4) is 16.9 Å². The zero-order valence-corrected chi connectivity index (χ0v) is 13.1. The second-order valence-corrected chi connectivity index (χ2v) is 5.42. The fraction of sp³-hybridized carbons (Fsp3) is 0.222. The van der Waals surface area contributed by atoms with E-state index in [0.29, 0.717) is 6.54 Å². The first-order valence-electron chi connectivity index (χ1n) is 7.42. The molecule has 0 amide bonds. The average Bonchev–Trinajstić information content (AvgIpc) is 2.89. The van der Waals surface area contributed by atoms with Gasteiger partial charge in [-0.3, -0.25) is 4.79 Å². The van der Waals surface area contributed by atoms with E-state index in [4.69, 9.17) is 0 Å². The van der Waals surface area contributed by atoms with Gasteiger partial charge in [-0.2, -0.15) is 0 Å². The van der Waals surface area contributed by atoms with Crippen LogP contribution in [0.4, 0.5) is 0 Å². The third-order valence-electron chi connectivity index (χ3n) is 3.79. The quantitative estimate of drug-likeness (QED) is 0.743. The molecule has 0 atom stereocenters. The van der Waals surface area contributed by atoms with Crippen LogP contribution < -0.4 is 5.56 Å². The molecule has 0 unspecified atom stereocenters. The SMILES string of the molecule is CCn1ccc(-n2cc(-c3cccc(C)c3)nc2C)cc1=O. The molecule has 3 rings (SSSR count). The van der Waals surface area contributed by atoms with Gasteiger partial charge in [0.2, 0.25) is 0 Å². The number of nitrogens with zero attached hydrogens (tertiary/aromatic N) is 3. The van der Waals surface area contributed by atoms with E-state index in [0.717, 1.165) is 22.8 Å². The Labute approximate surface area is 129 Å². The normalized spacial score (nSPS) is 10.9. The van der Waals surface area contributed by atoms with Crippen LogP contribution in [0.2, 0.25) is 0 Å². The van der Waals surface area contributed by atoms with Gasteiger partial charge in [0, 0.05) is 30.6 Å². The van der Waals surface area contributed by atoms with Gasteiger partial charge in [0.05, 0.1) is 11.4 Å². The lowest BCUT2D eigenvalue weighted by atomic mass is 10.1. The molecule has 0 aliphatic heterocycles. The number of benzene rings is 1. The molecule has 2 heterocycles. The number of imidazole rings is 1. The Kier molecular flexibility index (Phi) is 3.67. The summed E-state index contributed by atoms with van der Waals surface area (Å²) in [7, 11) is 0. The summed E-state index contributed by atoms with van der Waals surface area (Å²) in [5.74, 6) is 0.866. The monoisotopic (exact) mass is 293 g/mol. The summed E-state index contributed by atoms with van der Waals surface area (Å²) in [6.45, 7) is 6.65. The summed E-state index contributed by atoms with van der Waals surface area (Å²) in [5, 5.41) is 0. The molecule has 0 saturated heterocycles. The molecule has 0 radical (unpaired) electrons. The van der Waals surface area contributed by atoms with Gasteiger partial charge in [0.15, 0.2) is 0 Å². The first-order chi connectivity index (χ1) is 10.6. The number of hydrogen-bond acceptors (Lipinski definition) is 2. The molecule has 2 aromatic heterocycles. The fourth-order valence-electron chi connectivity index (χ4n) is 2.59. The van der Waals surface area contributed by atoms with Crippen molar-refractivity contribution in [1.29, 1.82) is 0 Å². The van der Waals surface area contributed by atoms with Crippen LogP contribution in [0.25, 0.3) is 16.9 Å². The van der Waals surface area contributed by atoms with Gasteiger partial charge in [-0.1, -0.05) is 23.8 Å². The van der Waals surface area contributed by atoms with Gasteiger partial charge in [-0.05, 0) is 32.9 Å². The Morgan fingerprint density at radius 1 is 1.14 bits per heavy atom. The van der Waals surface area contributed by atoms with E-state index in [2.05, 4.69) is 24.0 Å². The third-order valence-corrected chi connectivity index (χ3v) is 3.79. The Morgan fingerprint density at radius 2 is 1.95 bits per heavy atom. The van der Waals surface area contributed by atoms with Crippen molar-refractivity contribution in [3.63, 3.8) is 0 Å². The van der Waals surface area contributed by atoms with E-state index < -0.39 is 0 Å². The van der Waals surface area contributed by atoms with Gasteiger partial charge >= 0.3 is 0 Å². The molecule has 0 saturated carbocycles. The predicted octanol–water partition coefficient (Wildman–Crippen LogP) is 3.34. The highest BCUT2D eigenvalue weighted by molar-refractivity contribution is 5.60. The molecule has 112 valence electrons. The lowest BCUT2D eigenvalue weighted by Gasteiger charge is -2.06. The highest BCUT2D eigenvalue weighted by Gasteiger charge is 2.09. The summed E-state index contributed by atoms with van der Waals surface area (Å²) in [4.78, 5) is 16.6. The lowest BCUT2D eigenvalue weighted by Crippen LogP contribution is -2.18. The topological polar surface area (TPSA) is 39.8 Å². The lowest BCUT2D eigenvalue weighted by molar-refractivity contribution is 0.724. The van der Waals surface area contributed by atoms with Gasteiger partial charge in [0.25, 0.3) is 5.56 Å². The highest BCUT2D eigenvalue weighted by Crippen LogP contribution is 2.21. The maximum atomic E-state index is 12.0. The minimum Gasteiger partial charge on any atom is -0.316 e. The zero-order valence-electron chi connectivity index (χ0n) is 13.1. The van der Waals surface area contributed by atoms with Crippen LogP contribution in [0.5, 0.6) is 0 Å². The van der Waals surface area contributed by atoms with E-state index in [-0.39, 0.29) is 5.56 Å². The van der Waals surface area contributed by atoms with Crippen LogP contribution >= 0.6 is 0 Å². The Hall–Kier alpha value is -2.62. The predicted molar refractivity (Wildman–Crippen MR) is 88.4 cm³/mol. The molecule has 3 aromatic rings. The fourth-order valence-corrected chi connectivity index (χ4v) is 2.59. The highest BCUT2D eigenvalue weighted by atomic mass is 16.1. The Balaban J connectivity index is 2.06. The van der Waals surface area contributed by atoms with E-state index in [1.165, 1.54) is 5.56 Å². The van der Waals surface area contributed by atoms with Crippen molar-refractivity contribution in [2.75, 3.05) is 0 Å². The van der Waals surface area contributed by atoms with Gasteiger partial charge in [0.1, 0.15) is 5.82 Å². The molecule has 0 bridgehead atoms. The first-order valence-corrected chi connectivity index (χ1v) is 7.42. The number of aryl methyl sites for hydroxylation is 3. The number of rotatable bonds is 3. The molecule has 4 heteroatoms. The molecule has 0 spiro atoms. The molecule has 0 fully saturated rings. The van der Waals surface area contributed by atoms with E-state index in [1.54, 1.807) is 10.6 Å². The summed E-state index contributed by atoms with van der Waals surface area (Å²) >= 11 is 0. The smallest absolute Gasteiger partial charge is 0.252 e. The van der Waals surface area contributed by atoms with Crippen molar-refractivity contribution in [3.05, 3.63) is 70.5 Å². The van der Waals surface area contributed by atoms with Crippen molar-refractivity contribution < 1.29 is 0 Å². The van der Waals surface area contributed by atoms with Crippen molar-refractivity contribution in [2.45, 2.75) is 27.3 Å². The zero-order chi connectivity index (χ0) is 15.7. The molecule has 4 nitrogen and oxygen atoms in total.